The summed E-state index contributed by atoms with van der Waals surface area (Å²) in [5, 5.41) is 4.33. The standard InChI is InChI=1S/C15H21N3S/c1-3-8-18-10-13(9-17-18)14(16)11-19-15-7-5-4-6-12(15)2/h4-7,9-10,14H,3,8,11,16H2,1-2H3. The summed E-state index contributed by atoms with van der Waals surface area (Å²) >= 11 is 1.81. The van der Waals surface area contributed by atoms with Gasteiger partial charge in [0.1, 0.15) is 0 Å². The number of nitrogens with zero attached hydrogens (tertiary/aromatic N) is 2. The number of aryl methyl sites for hydroxylation is 2. The van der Waals surface area contributed by atoms with E-state index >= 15 is 0 Å². The van der Waals surface area contributed by atoms with Crippen LogP contribution in [0.25, 0.3) is 0 Å². The summed E-state index contributed by atoms with van der Waals surface area (Å²) < 4.78 is 1.97. The summed E-state index contributed by atoms with van der Waals surface area (Å²) in [5.41, 5.74) is 8.66. The average Bonchev–Trinajstić information content (AvgIpc) is 2.87. The van der Waals surface area contributed by atoms with Gasteiger partial charge in [0.25, 0.3) is 0 Å². The molecule has 2 rings (SSSR count). The van der Waals surface area contributed by atoms with Gasteiger partial charge in [-0.05, 0) is 25.0 Å². The van der Waals surface area contributed by atoms with Crippen LogP contribution in [-0.4, -0.2) is 15.5 Å². The lowest BCUT2D eigenvalue weighted by molar-refractivity contribution is 0.601. The first-order chi connectivity index (χ1) is 9.20. The second kappa shape index (κ2) is 6.78. The van der Waals surface area contributed by atoms with Crippen LogP contribution in [0.3, 0.4) is 0 Å². The van der Waals surface area contributed by atoms with Crippen molar-refractivity contribution in [1.29, 1.82) is 0 Å². The van der Waals surface area contributed by atoms with Crippen LogP contribution in [0.5, 0.6) is 0 Å². The van der Waals surface area contributed by atoms with Gasteiger partial charge in [-0.1, -0.05) is 25.1 Å². The summed E-state index contributed by atoms with van der Waals surface area (Å²) in [6.07, 6.45) is 5.04. The van der Waals surface area contributed by atoms with Crippen molar-refractivity contribution >= 4 is 11.8 Å². The minimum atomic E-state index is 0.0372. The Morgan fingerprint density at radius 3 is 2.89 bits per heavy atom. The van der Waals surface area contributed by atoms with E-state index in [1.807, 2.05) is 22.6 Å². The van der Waals surface area contributed by atoms with E-state index in [9.17, 15) is 0 Å². The third-order valence-corrected chi connectivity index (χ3v) is 4.34. The lowest BCUT2D eigenvalue weighted by Crippen LogP contribution is -2.12. The van der Waals surface area contributed by atoms with Crippen molar-refractivity contribution in [3.05, 3.63) is 47.8 Å². The molecular weight excluding hydrogens is 254 g/mol. The van der Waals surface area contributed by atoms with Gasteiger partial charge >= 0.3 is 0 Å². The molecule has 2 N–H and O–H groups in total. The van der Waals surface area contributed by atoms with Crippen molar-refractivity contribution in [2.24, 2.45) is 5.73 Å². The van der Waals surface area contributed by atoms with E-state index in [4.69, 9.17) is 5.73 Å². The summed E-state index contributed by atoms with van der Waals surface area (Å²) in [6, 6.07) is 8.45. The monoisotopic (exact) mass is 275 g/mol. The Morgan fingerprint density at radius 1 is 1.37 bits per heavy atom. The van der Waals surface area contributed by atoms with E-state index in [1.54, 1.807) is 0 Å². The average molecular weight is 275 g/mol. The van der Waals surface area contributed by atoms with Crippen LogP contribution in [0, 0.1) is 6.92 Å². The molecule has 1 atom stereocenters. The SMILES string of the molecule is CCCn1cc(C(N)CSc2ccccc2C)cn1. The number of benzene rings is 1. The molecule has 0 aliphatic carbocycles. The van der Waals surface area contributed by atoms with Crippen molar-refractivity contribution < 1.29 is 0 Å². The lowest BCUT2D eigenvalue weighted by Gasteiger charge is -2.10. The zero-order valence-corrected chi connectivity index (χ0v) is 12.4. The molecule has 0 amide bonds. The highest BCUT2D eigenvalue weighted by molar-refractivity contribution is 7.99. The van der Waals surface area contributed by atoms with Crippen LogP contribution in [0.2, 0.25) is 0 Å². The topological polar surface area (TPSA) is 43.8 Å². The Bertz CT molecular complexity index is 522. The molecule has 0 spiro atoms. The highest BCUT2D eigenvalue weighted by Crippen LogP contribution is 2.25. The molecule has 0 aliphatic rings. The minimum absolute atomic E-state index is 0.0372. The fourth-order valence-electron chi connectivity index (χ4n) is 1.92. The summed E-state index contributed by atoms with van der Waals surface area (Å²) in [7, 11) is 0. The summed E-state index contributed by atoms with van der Waals surface area (Å²) in [6.45, 7) is 5.24. The van der Waals surface area contributed by atoms with Crippen molar-refractivity contribution in [2.75, 3.05) is 5.75 Å². The lowest BCUT2D eigenvalue weighted by atomic mass is 10.2. The highest BCUT2D eigenvalue weighted by atomic mass is 32.2. The van der Waals surface area contributed by atoms with Crippen LogP contribution in [0.1, 0.15) is 30.5 Å². The second-order valence-electron chi connectivity index (χ2n) is 4.72. The number of hydrogen-bond acceptors (Lipinski definition) is 3. The maximum atomic E-state index is 6.23. The Labute approximate surface area is 119 Å². The molecule has 0 saturated heterocycles. The molecule has 0 fully saturated rings. The Kier molecular flexibility index (Phi) is 5.05. The summed E-state index contributed by atoms with van der Waals surface area (Å²) in [4.78, 5) is 1.30. The van der Waals surface area contributed by atoms with Crippen LogP contribution in [0.4, 0.5) is 0 Å². The first-order valence-corrected chi connectivity index (χ1v) is 7.65. The molecule has 1 aromatic carbocycles. The molecule has 19 heavy (non-hydrogen) atoms. The predicted molar refractivity (Wildman–Crippen MR) is 81.3 cm³/mol. The summed E-state index contributed by atoms with van der Waals surface area (Å²) in [5.74, 6) is 0.878. The number of hydrogen-bond donors (Lipinski definition) is 1. The number of aromatic nitrogens is 2. The van der Waals surface area contributed by atoms with Crippen LogP contribution in [-0.2, 0) is 6.54 Å². The Balaban J connectivity index is 1.93. The highest BCUT2D eigenvalue weighted by Gasteiger charge is 2.10. The van der Waals surface area contributed by atoms with Crippen LogP contribution >= 0.6 is 11.8 Å². The Morgan fingerprint density at radius 2 is 2.16 bits per heavy atom. The van der Waals surface area contributed by atoms with Crippen molar-refractivity contribution in [2.45, 2.75) is 37.8 Å². The maximum Gasteiger partial charge on any atom is 0.0537 e. The smallest absolute Gasteiger partial charge is 0.0537 e. The van der Waals surface area contributed by atoms with Gasteiger partial charge in [0.2, 0.25) is 0 Å². The van der Waals surface area contributed by atoms with Crippen molar-refractivity contribution in [3.63, 3.8) is 0 Å². The zero-order valence-electron chi connectivity index (χ0n) is 11.5. The number of nitrogens with two attached hydrogens (primary N) is 1. The zero-order chi connectivity index (χ0) is 13.7. The van der Waals surface area contributed by atoms with Gasteiger partial charge in [0.15, 0.2) is 0 Å². The van der Waals surface area contributed by atoms with Crippen molar-refractivity contribution in [3.8, 4) is 0 Å². The normalized spacial score (nSPS) is 12.6. The Hall–Kier alpha value is -1.26. The van der Waals surface area contributed by atoms with Gasteiger partial charge < -0.3 is 5.73 Å². The van der Waals surface area contributed by atoms with E-state index in [0.29, 0.717) is 0 Å². The van der Waals surface area contributed by atoms with Gasteiger partial charge in [-0.25, -0.2) is 0 Å². The van der Waals surface area contributed by atoms with Gasteiger partial charge in [-0.2, -0.15) is 5.10 Å². The van der Waals surface area contributed by atoms with E-state index in [1.165, 1.54) is 10.5 Å². The predicted octanol–water partition coefficient (Wildman–Crippen LogP) is 3.39. The molecule has 1 unspecified atom stereocenters. The van der Waals surface area contributed by atoms with Gasteiger partial charge in [0, 0.05) is 35.0 Å². The largest absolute Gasteiger partial charge is 0.323 e. The van der Waals surface area contributed by atoms with Crippen LogP contribution in [0.15, 0.2) is 41.6 Å². The van der Waals surface area contributed by atoms with Gasteiger partial charge in [-0.3, -0.25) is 4.68 Å². The van der Waals surface area contributed by atoms with E-state index in [-0.39, 0.29) is 6.04 Å². The van der Waals surface area contributed by atoms with E-state index in [0.717, 1.165) is 24.3 Å². The molecule has 0 radical (unpaired) electrons. The molecule has 1 aromatic heterocycles. The first kappa shape index (κ1) is 14.2. The quantitative estimate of drug-likeness (QED) is 0.822. The minimum Gasteiger partial charge on any atom is -0.323 e. The molecule has 4 heteroatoms. The molecule has 1 heterocycles. The molecule has 2 aromatic rings. The van der Waals surface area contributed by atoms with Crippen molar-refractivity contribution in [1.82, 2.24) is 9.78 Å². The molecule has 102 valence electrons. The second-order valence-corrected chi connectivity index (χ2v) is 5.78. The third-order valence-electron chi connectivity index (χ3n) is 3.05. The third kappa shape index (κ3) is 3.85. The van der Waals surface area contributed by atoms with Crippen LogP contribution < -0.4 is 5.73 Å². The number of rotatable bonds is 6. The molecular formula is C15H21N3S. The van der Waals surface area contributed by atoms with E-state index in [2.05, 4.69) is 49.4 Å². The fraction of sp³-hybridized carbons (Fsp3) is 0.400. The molecule has 3 nitrogen and oxygen atoms in total. The van der Waals surface area contributed by atoms with E-state index < -0.39 is 0 Å². The maximum absolute atomic E-state index is 6.23. The molecule has 0 saturated carbocycles. The number of thioether (sulfide) groups is 1. The van der Waals surface area contributed by atoms with Gasteiger partial charge in [-0.15, -0.1) is 11.8 Å². The molecule has 0 bridgehead atoms. The fourth-order valence-corrected chi connectivity index (χ4v) is 2.94. The first-order valence-electron chi connectivity index (χ1n) is 6.67. The van der Waals surface area contributed by atoms with Gasteiger partial charge in [0.05, 0.1) is 6.20 Å². The molecule has 0 aliphatic heterocycles.